The van der Waals surface area contributed by atoms with Gasteiger partial charge in [-0.3, -0.25) is 9.59 Å². The third-order valence-corrected chi connectivity index (χ3v) is 12.2. The quantitative estimate of drug-likeness (QED) is 0.159. The highest BCUT2D eigenvalue weighted by Gasteiger charge is 2.51. The van der Waals surface area contributed by atoms with Gasteiger partial charge in [-0.15, -0.1) is 0 Å². The van der Waals surface area contributed by atoms with E-state index in [0.29, 0.717) is 0 Å². The molecule has 9 aromatic rings. The summed E-state index contributed by atoms with van der Waals surface area (Å²) in [6.45, 7) is 0. The first-order valence-electron chi connectivity index (χ1n) is 19.9. The van der Waals surface area contributed by atoms with Crippen molar-refractivity contribution in [2.24, 2.45) is 0 Å². The minimum absolute atomic E-state index is 0.330. The number of carbonyl (C=O) groups excluding carboxylic acids is 2. The third-order valence-electron chi connectivity index (χ3n) is 12.2. The number of fused-ring (bicyclic) bond motifs is 2. The van der Waals surface area contributed by atoms with E-state index < -0.39 is 11.8 Å². The largest absolute Gasteiger partial charge is 0.290 e. The van der Waals surface area contributed by atoms with Crippen LogP contribution < -0.4 is 0 Å². The summed E-state index contributed by atoms with van der Waals surface area (Å²) in [4.78, 5) is 29.2. The van der Waals surface area contributed by atoms with Crippen LogP contribution in [0.5, 0.6) is 0 Å². The number of Topliss-reactive ketones (excluding diaryl/α,β-unsaturated/α-hetero) is 2. The average Bonchev–Trinajstić information content (AvgIpc) is 3.30. The van der Waals surface area contributed by atoms with E-state index in [4.69, 9.17) is 0 Å². The molecule has 0 aromatic heterocycles. The van der Waals surface area contributed by atoms with Crippen molar-refractivity contribution in [3.05, 3.63) is 229 Å². The lowest BCUT2D eigenvalue weighted by atomic mass is 9.58. The van der Waals surface area contributed by atoms with E-state index in [1.165, 1.54) is 0 Å². The molecule has 0 aliphatic heterocycles. The van der Waals surface area contributed by atoms with E-state index in [2.05, 4.69) is 170 Å². The molecule has 272 valence electrons. The summed E-state index contributed by atoms with van der Waals surface area (Å²) in [7, 11) is 0. The standard InChI is InChI=1S/C56H36O2/c57-55-51-43-27-15-16-28-44(43)52(56(55)58)54-50(46-32-30-40(36-19-7-2-8-20-36)34-48(46)38-23-11-4-12-24-38)42-26-14-13-25-41(42)49(53(51)54)45-31-29-39(35-17-5-1-6-18-35)33-47(45)37-21-9-3-10-22-37/h1-34,51-52H. The summed E-state index contributed by atoms with van der Waals surface area (Å²) in [6, 6.07) is 72.1. The second kappa shape index (κ2) is 13.7. The molecule has 2 heteroatoms. The maximum atomic E-state index is 14.6. The number of rotatable bonds is 6. The Morgan fingerprint density at radius 3 is 0.983 bits per heavy atom. The number of hydrogen-bond acceptors (Lipinski definition) is 2. The van der Waals surface area contributed by atoms with Crippen LogP contribution in [0.3, 0.4) is 0 Å². The van der Waals surface area contributed by atoms with E-state index in [1.807, 2.05) is 36.4 Å². The van der Waals surface area contributed by atoms with Crippen molar-refractivity contribution in [1.82, 2.24) is 0 Å². The van der Waals surface area contributed by atoms with Gasteiger partial charge in [0, 0.05) is 0 Å². The first-order valence-corrected chi connectivity index (χ1v) is 19.9. The summed E-state index contributed by atoms with van der Waals surface area (Å²) in [5.41, 5.74) is 16.7. The normalized spacial score (nSPS) is 15.3. The van der Waals surface area contributed by atoms with Crippen LogP contribution in [-0.2, 0) is 9.59 Å². The van der Waals surface area contributed by atoms with Gasteiger partial charge in [-0.25, -0.2) is 0 Å². The van der Waals surface area contributed by atoms with Gasteiger partial charge in [-0.05, 0) is 112 Å². The van der Waals surface area contributed by atoms with Gasteiger partial charge in [0.15, 0.2) is 0 Å². The molecule has 0 heterocycles. The molecular formula is C56H36O2. The first-order chi connectivity index (χ1) is 28.7. The number of ketones is 2. The fraction of sp³-hybridized carbons (Fsp3) is 0.0357. The Kier molecular flexibility index (Phi) is 7.97. The Bertz CT molecular complexity index is 2860. The van der Waals surface area contributed by atoms with Crippen LogP contribution in [0.1, 0.15) is 34.1 Å². The van der Waals surface area contributed by atoms with Gasteiger partial charge in [-0.1, -0.05) is 194 Å². The van der Waals surface area contributed by atoms with Crippen LogP contribution in [0.15, 0.2) is 206 Å². The van der Waals surface area contributed by atoms with Gasteiger partial charge in [0.1, 0.15) is 0 Å². The summed E-state index contributed by atoms with van der Waals surface area (Å²) < 4.78 is 0. The molecule has 0 saturated carbocycles. The highest BCUT2D eigenvalue weighted by atomic mass is 16.2. The summed E-state index contributed by atoms with van der Waals surface area (Å²) in [5, 5.41) is 2.11. The van der Waals surface area contributed by atoms with E-state index in [1.54, 1.807) is 0 Å². The van der Waals surface area contributed by atoms with E-state index in [0.717, 1.165) is 99.8 Å². The highest BCUT2D eigenvalue weighted by Crippen LogP contribution is 2.59. The lowest BCUT2D eigenvalue weighted by Gasteiger charge is -2.41. The molecule has 58 heavy (non-hydrogen) atoms. The van der Waals surface area contributed by atoms with Crippen molar-refractivity contribution in [2.75, 3.05) is 0 Å². The second-order valence-corrected chi connectivity index (χ2v) is 15.3. The lowest BCUT2D eigenvalue weighted by molar-refractivity contribution is -0.138. The van der Waals surface area contributed by atoms with E-state index >= 15 is 0 Å². The Morgan fingerprint density at radius 1 is 0.276 bits per heavy atom. The molecule has 0 amide bonds. The van der Waals surface area contributed by atoms with Crippen LogP contribution in [-0.4, -0.2) is 11.6 Å². The van der Waals surface area contributed by atoms with Crippen LogP contribution in [0.4, 0.5) is 0 Å². The summed E-state index contributed by atoms with van der Waals surface area (Å²) in [5.74, 6) is -2.13. The molecular weight excluding hydrogens is 705 g/mol. The highest BCUT2D eigenvalue weighted by molar-refractivity contribution is 6.46. The minimum atomic E-state index is -0.733. The molecule has 12 rings (SSSR count). The molecule has 0 spiro atoms. The second-order valence-electron chi connectivity index (χ2n) is 15.3. The van der Waals surface area contributed by atoms with E-state index in [9.17, 15) is 9.59 Å². The predicted octanol–water partition coefficient (Wildman–Crippen LogP) is 13.6. The third kappa shape index (κ3) is 5.26. The van der Waals surface area contributed by atoms with Crippen molar-refractivity contribution in [3.8, 4) is 66.8 Å². The summed E-state index contributed by atoms with van der Waals surface area (Å²) in [6.07, 6.45) is 0. The molecule has 0 N–H and O–H groups in total. The zero-order chi connectivity index (χ0) is 38.7. The molecule has 2 unspecified atom stereocenters. The van der Waals surface area contributed by atoms with Crippen molar-refractivity contribution < 1.29 is 9.59 Å². The Balaban J connectivity index is 1.29. The number of hydrogen-bond donors (Lipinski definition) is 0. The van der Waals surface area contributed by atoms with E-state index in [-0.39, 0.29) is 11.6 Å². The predicted molar refractivity (Wildman–Crippen MR) is 237 cm³/mol. The van der Waals surface area contributed by atoms with Crippen molar-refractivity contribution in [3.63, 3.8) is 0 Å². The average molecular weight is 741 g/mol. The SMILES string of the molecule is O=C1C(=O)C2c3ccccc3C1c1c2c(-c2ccc(-c3ccccc3)cc2-c2ccccc2)c2ccccc2c1-c1ccc(-c2ccccc2)cc1-c1ccccc1. The van der Waals surface area contributed by atoms with Gasteiger partial charge in [0.2, 0.25) is 11.6 Å². The van der Waals surface area contributed by atoms with Crippen LogP contribution in [0, 0.1) is 0 Å². The minimum Gasteiger partial charge on any atom is -0.290 e. The maximum Gasteiger partial charge on any atom is 0.211 e. The van der Waals surface area contributed by atoms with Crippen molar-refractivity contribution in [2.45, 2.75) is 11.8 Å². The van der Waals surface area contributed by atoms with Gasteiger partial charge in [0.25, 0.3) is 0 Å². The van der Waals surface area contributed by atoms with Crippen molar-refractivity contribution in [1.29, 1.82) is 0 Å². The van der Waals surface area contributed by atoms with Crippen molar-refractivity contribution >= 4 is 22.3 Å². The maximum absolute atomic E-state index is 14.6. The molecule has 0 fully saturated rings. The zero-order valence-electron chi connectivity index (χ0n) is 31.6. The first kappa shape index (κ1) is 33.9. The number of benzene rings is 9. The molecule has 2 atom stereocenters. The number of carbonyl (C=O) groups is 2. The fourth-order valence-electron chi connectivity index (χ4n) is 9.69. The molecule has 0 radical (unpaired) electrons. The molecule has 9 aromatic carbocycles. The van der Waals surface area contributed by atoms with Crippen LogP contribution in [0.25, 0.3) is 77.5 Å². The topological polar surface area (TPSA) is 34.1 Å². The summed E-state index contributed by atoms with van der Waals surface area (Å²) >= 11 is 0. The smallest absolute Gasteiger partial charge is 0.211 e. The Morgan fingerprint density at radius 2 is 0.603 bits per heavy atom. The molecule has 2 nitrogen and oxygen atoms in total. The fourth-order valence-corrected chi connectivity index (χ4v) is 9.69. The van der Waals surface area contributed by atoms with Gasteiger partial charge >= 0.3 is 0 Å². The monoisotopic (exact) mass is 740 g/mol. The Labute approximate surface area is 337 Å². The molecule has 0 saturated heterocycles. The Hall–Kier alpha value is -7.42. The molecule has 3 aliphatic carbocycles. The zero-order valence-corrected chi connectivity index (χ0v) is 31.6. The van der Waals surface area contributed by atoms with Gasteiger partial charge in [0.05, 0.1) is 11.8 Å². The van der Waals surface area contributed by atoms with Crippen LogP contribution in [0.2, 0.25) is 0 Å². The van der Waals surface area contributed by atoms with Gasteiger partial charge < -0.3 is 0 Å². The van der Waals surface area contributed by atoms with Gasteiger partial charge in [-0.2, -0.15) is 0 Å². The molecule has 3 aliphatic rings. The van der Waals surface area contributed by atoms with Crippen LogP contribution >= 0.6 is 0 Å². The molecule has 2 bridgehead atoms. The lowest BCUT2D eigenvalue weighted by Crippen LogP contribution is -2.41.